The van der Waals surface area contributed by atoms with Crippen LogP contribution in [0, 0.1) is 23.5 Å². The third-order valence-electron chi connectivity index (χ3n) is 9.29. The van der Waals surface area contributed by atoms with Gasteiger partial charge in [-0.15, -0.1) is 0 Å². The summed E-state index contributed by atoms with van der Waals surface area (Å²) in [5.41, 5.74) is 6.98. The molecule has 0 unspecified atom stereocenters. The zero-order valence-corrected chi connectivity index (χ0v) is 23.6. The second-order valence-electron chi connectivity index (χ2n) is 12.0. The highest BCUT2D eigenvalue weighted by Gasteiger charge is 2.46. The zero-order chi connectivity index (χ0) is 29.3. The molecule has 6 rings (SSSR count). The van der Waals surface area contributed by atoms with Crippen LogP contribution >= 0.6 is 0 Å². The molecule has 0 bridgehead atoms. The van der Waals surface area contributed by atoms with Crippen LogP contribution in [0.2, 0.25) is 0 Å². The molecule has 1 saturated carbocycles. The second kappa shape index (κ2) is 11.7. The van der Waals surface area contributed by atoms with Gasteiger partial charge in [-0.05, 0) is 92.0 Å². The fourth-order valence-electron chi connectivity index (χ4n) is 6.61. The van der Waals surface area contributed by atoms with Gasteiger partial charge < -0.3 is 20.9 Å². The molecular weight excluding hydrogens is 536 g/mol. The van der Waals surface area contributed by atoms with E-state index in [1.54, 1.807) is 24.4 Å². The number of nitrogens with zero attached hydrogens (tertiary/aromatic N) is 3. The van der Waals surface area contributed by atoms with E-state index in [0.29, 0.717) is 31.6 Å². The van der Waals surface area contributed by atoms with Crippen LogP contribution in [0.5, 0.6) is 0 Å². The standard InChI is InChI=1S/C33H37F2N5O2/c34-26-8-6-25(7-9-26)33(32(42)38-30(22-4-5-22)24-2-1-3-27(35)20-24)14-18-40(19-15-33)31(41)23-12-16-39(17-13-23)29-11-10-28(36)21-37-29/h1-3,6-11,20-23,30H,4-5,12-19,36H2,(H,38,42)/t30-/m0/s1. The van der Waals surface area contributed by atoms with Crippen LogP contribution in [0.3, 0.4) is 0 Å². The van der Waals surface area contributed by atoms with Gasteiger partial charge in [-0.3, -0.25) is 9.59 Å². The predicted octanol–water partition coefficient (Wildman–Crippen LogP) is 4.99. The number of halogens is 2. The molecule has 1 aromatic heterocycles. The quantitative estimate of drug-likeness (QED) is 0.416. The van der Waals surface area contributed by atoms with Gasteiger partial charge in [0.05, 0.1) is 23.3 Å². The van der Waals surface area contributed by atoms with Crippen molar-refractivity contribution in [1.29, 1.82) is 0 Å². The smallest absolute Gasteiger partial charge is 0.231 e. The first-order valence-electron chi connectivity index (χ1n) is 14.9. The number of amides is 2. The van der Waals surface area contributed by atoms with E-state index in [0.717, 1.165) is 55.7 Å². The maximum absolute atomic E-state index is 14.2. The Hall–Kier alpha value is -4.01. The molecule has 3 fully saturated rings. The van der Waals surface area contributed by atoms with Crippen molar-refractivity contribution in [2.24, 2.45) is 11.8 Å². The molecule has 220 valence electrons. The lowest BCUT2D eigenvalue weighted by Gasteiger charge is -2.43. The Kier molecular flexibility index (Phi) is 7.84. The van der Waals surface area contributed by atoms with E-state index < -0.39 is 5.41 Å². The number of hydrogen-bond acceptors (Lipinski definition) is 5. The third-order valence-corrected chi connectivity index (χ3v) is 9.29. The summed E-state index contributed by atoms with van der Waals surface area (Å²) in [6, 6.07) is 16.0. The molecule has 2 aliphatic heterocycles. The SMILES string of the molecule is Nc1ccc(N2CCC(C(=O)N3CCC(C(=O)N[C@H](c4cccc(F)c4)C4CC4)(c4ccc(F)cc4)CC3)CC2)nc1. The minimum absolute atomic E-state index is 0.0746. The monoisotopic (exact) mass is 573 g/mol. The maximum atomic E-state index is 14.2. The summed E-state index contributed by atoms with van der Waals surface area (Å²) in [5.74, 6) is 0.341. The van der Waals surface area contributed by atoms with Crippen LogP contribution in [-0.4, -0.2) is 47.9 Å². The molecule has 3 heterocycles. The van der Waals surface area contributed by atoms with Gasteiger partial charge in [0.1, 0.15) is 17.5 Å². The number of benzene rings is 2. The van der Waals surface area contributed by atoms with Crippen molar-refractivity contribution in [2.45, 2.75) is 50.0 Å². The van der Waals surface area contributed by atoms with E-state index in [2.05, 4.69) is 15.2 Å². The third kappa shape index (κ3) is 5.82. The molecule has 9 heteroatoms. The molecule has 2 amide bonds. The van der Waals surface area contributed by atoms with Crippen LogP contribution in [0.1, 0.15) is 55.7 Å². The van der Waals surface area contributed by atoms with Crippen molar-refractivity contribution in [3.05, 3.63) is 89.6 Å². The minimum Gasteiger partial charge on any atom is -0.397 e. The topological polar surface area (TPSA) is 91.6 Å². The molecule has 42 heavy (non-hydrogen) atoms. The van der Waals surface area contributed by atoms with Crippen LogP contribution in [-0.2, 0) is 15.0 Å². The van der Waals surface area contributed by atoms with E-state index in [9.17, 15) is 18.4 Å². The van der Waals surface area contributed by atoms with Gasteiger partial charge in [0.2, 0.25) is 11.8 Å². The number of nitrogens with one attached hydrogen (secondary N) is 1. The normalized spacial score (nSPS) is 19.8. The summed E-state index contributed by atoms with van der Waals surface area (Å²) in [5, 5.41) is 3.26. The van der Waals surface area contributed by atoms with Gasteiger partial charge in [0.25, 0.3) is 0 Å². The predicted molar refractivity (Wildman–Crippen MR) is 157 cm³/mol. The first-order valence-corrected chi connectivity index (χ1v) is 14.9. The summed E-state index contributed by atoms with van der Waals surface area (Å²) < 4.78 is 28.0. The van der Waals surface area contributed by atoms with Crippen molar-refractivity contribution in [2.75, 3.05) is 36.8 Å². The Morgan fingerprint density at radius 1 is 0.905 bits per heavy atom. The van der Waals surface area contributed by atoms with E-state index >= 15 is 0 Å². The average Bonchev–Trinajstić information content (AvgIpc) is 3.86. The zero-order valence-electron chi connectivity index (χ0n) is 23.6. The Morgan fingerprint density at radius 2 is 1.62 bits per heavy atom. The molecule has 3 aromatic rings. The van der Waals surface area contributed by atoms with Crippen molar-refractivity contribution in [3.8, 4) is 0 Å². The summed E-state index contributed by atoms with van der Waals surface area (Å²) in [4.78, 5) is 36.2. The van der Waals surface area contributed by atoms with Gasteiger partial charge in [0, 0.05) is 32.1 Å². The number of carbonyl (C=O) groups excluding carboxylic acids is 2. The lowest BCUT2D eigenvalue weighted by molar-refractivity contribution is -0.141. The van der Waals surface area contributed by atoms with Crippen molar-refractivity contribution >= 4 is 23.3 Å². The molecule has 3 N–H and O–H groups in total. The lowest BCUT2D eigenvalue weighted by atomic mass is 9.71. The first kappa shape index (κ1) is 28.1. The Bertz CT molecular complexity index is 1410. The molecule has 7 nitrogen and oxygen atoms in total. The van der Waals surface area contributed by atoms with E-state index in [1.165, 1.54) is 24.3 Å². The van der Waals surface area contributed by atoms with Crippen molar-refractivity contribution in [3.63, 3.8) is 0 Å². The van der Waals surface area contributed by atoms with E-state index in [-0.39, 0.29) is 41.3 Å². The van der Waals surface area contributed by atoms with E-state index in [1.807, 2.05) is 23.1 Å². The molecule has 3 aliphatic rings. The van der Waals surface area contributed by atoms with Gasteiger partial charge in [0.15, 0.2) is 0 Å². The number of nitrogen functional groups attached to an aromatic ring is 1. The minimum atomic E-state index is -0.908. The molecule has 2 saturated heterocycles. The number of aromatic nitrogens is 1. The number of carbonyl (C=O) groups is 2. The van der Waals surface area contributed by atoms with Crippen molar-refractivity contribution in [1.82, 2.24) is 15.2 Å². The van der Waals surface area contributed by atoms with Gasteiger partial charge in [-0.2, -0.15) is 0 Å². The molecule has 1 aliphatic carbocycles. The largest absolute Gasteiger partial charge is 0.397 e. The number of pyridine rings is 1. The fourth-order valence-corrected chi connectivity index (χ4v) is 6.61. The molecular formula is C33H37F2N5O2. The number of rotatable bonds is 7. The van der Waals surface area contributed by atoms with Crippen LogP contribution in [0.15, 0.2) is 66.9 Å². The first-order chi connectivity index (χ1) is 20.3. The summed E-state index contributed by atoms with van der Waals surface area (Å²) in [6.45, 7) is 2.37. The van der Waals surface area contributed by atoms with Gasteiger partial charge in [-0.25, -0.2) is 13.8 Å². The van der Waals surface area contributed by atoms with Crippen molar-refractivity contribution < 1.29 is 18.4 Å². The number of piperidine rings is 2. The van der Waals surface area contributed by atoms with Crippen LogP contribution in [0.25, 0.3) is 0 Å². The highest BCUT2D eigenvalue weighted by Crippen LogP contribution is 2.43. The average molecular weight is 574 g/mol. The highest BCUT2D eigenvalue weighted by molar-refractivity contribution is 5.89. The number of likely N-dealkylation sites (tertiary alicyclic amines) is 1. The summed E-state index contributed by atoms with van der Waals surface area (Å²) in [7, 11) is 0. The highest BCUT2D eigenvalue weighted by atomic mass is 19.1. The Labute approximate surface area is 245 Å². The molecule has 0 radical (unpaired) electrons. The second-order valence-corrected chi connectivity index (χ2v) is 12.0. The molecule has 2 aromatic carbocycles. The van der Waals surface area contributed by atoms with Gasteiger partial charge in [-0.1, -0.05) is 24.3 Å². The lowest BCUT2D eigenvalue weighted by Crippen LogP contribution is -2.54. The summed E-state index contributed by atoms with van der Waals surface area (Å²) in [6.07, 6.45) is 5.94. The van der Waals surface area contributed by atoms with Crippen LogP contribution in [0.4, 0.5) is 20.3 Å². The molecule has 1 atom stereocenters. The Balaban J connectivity index is 1.15. The summed E-state index contributed by atoms with van der Waals surface area (Å²) >= 11 is 0. The fraction of sp³-hybridized carbons (Fsp3) is 0.424. The van der Waals surface area contributed by atoms with Gasteiger partial charge >= 0.3 is 0 Å². The Morgan fingerprint density at radius 3 is 2.24 bits per heavy atom. The van der Waals surface area contributed by atoms with E-state index in [4.69, 9.17) is 5.73 Å². The molecule has 0 spiro atoms. The van der Waals surface area contributed by atoms with Crippen LogP contribution < -0.4 is 16.0 Å². The maximum Gasteiger partial charge on any atom is 0.231 e. The number of anilines is 2. The number of hydrogen-bond donors (Lipinski definition) is 2. The number of nitrogens with two attached hydrogens (primary N) is 1.